The van der Waals surface area contributed by atoms with Crippen molar-refractivity contribution in [1.29, 1.82) is 0 Å². The zero-order valence-electron chi connectivity index (χ0n) is 20.7. The van der Waals surface area contributed by atoms with Crippen molar-refractivity contribution in [1.82, 2.24) is 0 Å². The highest BCUT2D eigenvalue weighted by molar-refractivity contribution is 7.45. The largest absolute Gasteiger partial charge is 0.466 e. The Balaban J connectivity index is 0. The molecular formula is C22H50O9P2. The standard InChI is InChI=1S/C22H44O.2H3O4P/c1-3-5-6-7-8-9-10-11-12-13-14-15-16-17-18-19-20-22(4-2)21-23-22;2*1-5(2,3)4/h3-21H2,1-2H3;2*(H3,1,2,3,4). The summed E-state index contributed by atoms with van der Waals surface area (Å²) >= 11 is 0. The first kappa shape index (κ1) is 35.3. The van der Waals surface area contributed by atoms with Crippen LogP contribution < -0.4 is 0 Å². The Labute approximate surface area is 200 Å². The molecular weight excluding hydrogens is 470 g/mol. The number of unbranched alkanes of at least 4 members (excludes halogenated alkanes) is 15. The van der Waals surface area contributed by atoms with Crippen molar-refractivity contribution in [2.45, 2.75) is 135 Å². The van der Waals surface area contributed by atoms with Gasteiger partial charge in [0.2, 0.25) is 0 Å². The van der Waals surface area contributed by atoms with Gasteiger partial charge < -0.3 is 34.1 Å². The fourth-order valence-electron chi connectivity index (χ4n) is 3.62. The molecule has 202 valence electrons. The van der Waals surface area contributed by atoms with Crippen LogP contribution >= 0.6 is 15.6 Å². The van der Waals surface area contributed by atoms with E-state index in [-0.39, 0.29) is 0 Å². The fraction of sp³-hybridized carbons (Fsp3) is 1.00. The van der Waals surface area contributed by atoms with Gasteiger partial charge >= 0.3 is 15.6 Å². The number of epoxide rings is 1. The number of ether oxygens (including phenoxy) is 1. The van der Waals surface area contributed by atoms with Crippen LogP contribution in [0, 0.1) is 0 Å². The Hall–Kier alpha value is 0.180. The van der Waals surface area contributed by atoms with Crippen molar-refractivity contribution in [3.63, 3.8) is 0 Å². The molecule has 1 rings (SSSR count). The third-order valence-corrected chi connectivity index (χ3v) is 5.68. The average molecular weight is 521 g/mol. The molecule has 0 radical (unpaired) electrons. The van der Waals surface area contributed by atoms with Gasteiger partial charge in [-0.2, -0.15) is 0 Å². The summed E-state index contributed by atoms with van der Waals surface area (Å²) in [7, 11) is -9.28. The Kier molecular flexibility index (Phi) is 23.0. The van der Waals surface area contributed by atoms with Gasteiger partial charge in [-0.1, -0.05) is 117 Å². The quantitative estimate of drug-likeness (QED) is 0.0725. The van der Waals surface area contributed by atoms with Crippen LogP contribution in [0.3, 0.4) is 0 Å². The van der Waals surface area contributed by atoms with Gasteiger partial charge in [-0.3, -0.25) is 0 Å². The topological polar surface area (TPSA) is 168 Å². The van der Waals surface area contributed by atoms with Crippen LogP contribution in [0.2, 0.25) is 0 Å². The van der Waals surface area contributed by atoms with Crippen molar-refractivity contribution in [3.8, 4) is 0 Å². The van der Waals surface area contributed by atoms with Crippen LogP contribution in [0.25, 0.3) is 0 Å². The minimum Gasteiger partial charge on any atom is -0.370 e. The summed E-state index contributed by atoms with van der Waals surface area (Å²) in [6.45, 7) is 5.59. The predicted molar refractivity (Wildman–Crippen MR) is 132 cm³/mol. The second-order valence-electron chi connectivity index (χ2n) is 8.91. The summed E-state index contributed by atoms with van der Waals surface area (Å²) in [6.07, 6.45) is 25.8. The molecule has 0 amide bonds. The summed E-state index contributed by atoms with van der Waals surface area (Å²) in [4.78, 5) is 43.1. The lowest BCUT2D eigenvalue weighted by Gasteiger charge is -2.08. The lowest BCUT2D eigenvalue weighted by Crippen LogP contribution is -2.08. The van der Waals surface area contributed by atoms with Gasteiger partial charge in [-0.25, -0.2) is 9.13 Å². The maximum atomic E-state index is 8.88. The fourth-order valence-corrected chi connectivity index (χ4v) is 3.62. The maximum Gasteiger partial charge on any atom is 0.466 e. The summed E-state index contributed by atoms with van der Waals surface area (Å²) in [6, 6.07) is 0. The zero-order valence-corrected chi connectivity index (χ0v) is 22.5. The third kappa shape index (κ3) is 39.7. The van der Waals surface area contributed by atoms with E-state index in [4.69, 9.17) is 43.2 Å². The van der Waals surface area contributed by atoms with Crippen molar-refractivity contribution >= 4 is 15.6 Å². The Morgan fingerprint density at radius 3 is 1.03 bits per heavy atom. The monoisotopic (exact) mass is 520 g/mol. The van der Waals surface area contributed by atoms with Gasteiger partial charge in [0.15, 0.2) is 0 Å². The van der Waals surface area contributed by atoms with Gasteiger partial charge in [0, 0.05) is 0 Å². The second kappa shape index (κ2) is 21.5. The first-order chi connectivity index (χ1) is 15.3. The molecule has 1 saturated heterocycles. The molecule has 0 saturated carbocycles. The second-order valence-corrected chi connectivity index (χ2v) is 11.0. The molecule has 0 spiro atoms. The highest BCUT2D eigenvalue weighted by atomic mass is 31.2. The number of phosphoric acid groups is 2. The molecule has 6 N–H and O–H groups in total. The molecule has 0 bridgehead atoms. The van der Waals surface area contributed by atoms with Crippen LogP contribution in [-0.4, -0.2) is 41.6 Å². The van der Waals surface area contributed by atoms with Crippen LogP contribution in [0.15, 0.2) is 0 Å². The molecule has 1 aliphatic heterocycles. The normalized spacial score (nSPS) is 17.6. The van der Waals surface area contributed by atoms with E-state index in [1.807, 2.05) is 0 Å². The van der Waals surface area contributed by atoms with Crippen LogP contribution in [0.5, 0.6) is 0 Å². The molecule has 1 fully saturated rings. The Morgan fingerprint density at radius 2 is 0.818 bits per heavy atom. The van der Waals surface area contributed by atoms with E-state index in [9.17, 15) is 0 Å². The van der Waals surface area contributed by atoms with Crippen LogP contribution in [0.1, 0.15) is 129 Å². The zero-order chi connectivity index (χ0) is 25.6. The van der Waals surface area contributed by atoms with Gasteiger partial charge in [-0.15, -0.1) is 0 Å². The van der Waals surface area contributed by atoms with Gasteiger partial charge in [0.1, 0.15) is 0 Å². The lowest BCUT2D eigenvalue weighted by atomic mass is 9.98. The van der Waals surface area contributed by atoms with Crippen molar-refractivity contribution in [2.75, 3.05) is 6.61 Å². The molecule has 9 nitrogen and oxygen atoms in total. The molecule has 1 aliphatic rings. The molecule has 1 atom stereocenters. The van der Waals surface area contributed by atoms with Gasteiger partial charge in [-0.05, 0) is 12.8 Å². The minimum atomic E-state index is -4.64. The summed E-state index contributed by atoms with van der Waals surface area (Å²) in [5, 5.41) is 0. The van der Waals surface area contributed by atoms with E-state index in [1.165, 1.54) is 116 Å². The van der Waals surface area contributed by atoms with Gasteiger partial charge in [0.05, 0.1) is 12.2 Å². The number of hydrogen-bond acceptors (Lipinski definition) is 3. The van der Waals surface area contributed by atoms with E-state index in [2.05, 4.69) is 13.8 Å². The van der Waals surface area contributed by atoms with E-state index in [0.717, 1.165) is 6.61 Å². The van der Waals surface area contributed by atoms with E-state index < -0.39 is 15.6 Å². The minimum absolute atomic E-state index is 0.329. The Morgan fingerprint density at radius 1 is 0.576 bits per heavy atom. The predicted octanol–water partition coefficient (Wildman–Crippen LogP) is 5.96. The van der Waals surface area contributed by atoms with E-state index in [1.54, 1.807) is 0 Å². The van der Waals surface area contributed by atoms with E-state index in [0.29, 0.717) is 5.60 Å². The van der Waals surface area contributed by atoms with E-state index >= 15 is 0 Å². The van der Waals surface area contributed by atoms with Crippen molar-refractivity contribution in [3.05, 3.63) is 0 Å². The first-order valence-electron chi connectivity index (χ1n) is 12.5. The molecule has 0 aromatic rings. The Bertz CT molecular complexity index is 479. The molecule has 0 aromatic carbocycles. The molecule has 0 aliphatic carbocycles. The maximum absolute atomic E-state index is 8.88. The smallest absolute Gasteiger partial charge is 0.370 e. The van der Waals surface area contributed by atoms with Crippen molar-refractivity contribution in [2.24, 2.45) is 0 Å². The van der Waals surface area contributed by atoms with Crippen molar-refractivity contribution < 1.29 is 43.2 Å². The molecule has 0 aromatic heterocycles. The summed E-state index contributed by atoms with van der Waals surface area (Å²) in [5.41, 5.74) is 0.329. The summed E-state index contributed by atoms with van der Waals surface area (Å²) < 4.78 is 23.3. The number of rotatable bonds is 18. The first-order valence-corrected chi connectivity index (χ1v) is 15.7. The SMILES string of the molecule is CCCCCCCCCCCCCCCCCCC1(CC)CO1.O=P(O)(O)O.O=P(O)(O)O. The average Bonchev–Trinajstić information content (AvgIpc) is 3.45. The van der Waals surface area contributed by atoms with Crippen LogP contribution in [-0.2, 0) is 13.9 Å². The third-order valence-electron chi connectivity index (χ3n) is 5.68. The molecule has 11 heteroatoms. The molecule has 1 unspecified atom stereocenters. The summed E-state index contributed by atoms with van der Waals surface area (Å²) in [5.74, 6) is 0. The highest BCUT2D eigenvalue weighted by Crippen LogP contribution is 2.36. The number of hydrogen-bond donors (Lipinski definition) is 6. The van der Waals surface area contributed by atoms with Crippen LogP contribution in [0.4, 0.5) is 0 Å². The van der Waals surface area contributed by atoms with Gasteiger partial charge in [0.25, 0.3) is 0 Å². The molecule has 1 heterocycles. The highest BCUT2D eigenvalue weighted by Gasteiger charge is 2.41. The molecule has 33 heavy (non-hydrogen) atoms. The lowest BCUT2D eigenvalue weighted by molar-refractivity contribution is 0.272.